The number of likely N-dealkylation sites (N-methyl/N-ethyl adjacent to an activating group) is 1. The highest BCUT2D eigenvalue weighted by molar-refractivity contribution is 6.00. The molecule has 1 fully saturated rings. The lowest BCUT2D eigenvalue weighted by Gasteiger charge is -2.35. The molecule has 100 valence electrons. The number of carbonyl (C=O) groups excluding carboxylic acids is 2. The first kappa shape index (κ1) is 12.9. The molecule has 5 nitrogen and oxygen atoms in total. The number of hydrogen-bond acceptors (Lipinski definition) is 5. The predicted molar refractivity (Wildman–Crippen MR) is 64.5 cm³/mol. The molecule has 1 aliphatic heterocycles. The summed E-state index contributed by atoms with van der Waals surface area (Å²) in [5, 5.41) is 0. The van der Waals surface area contributed by atoms with Crippen LogP contribution in [-0.2, 0) is 19.1 Å². The summed E-state index contributed by atoms with van der Waals surface area (Å²) in [4.78, 5) is 25.7. The Kier molecular flexibility index (Phi) is 3.59. The number of nitrogens with zero attached hydrogens (tertiary/aromatic N) is 1. The Morgan fingerprint density at radius 2 is 1.83 bits per heavy atom. The molecule has 0 unspecified atom stereocenters. The van der Waals surface area contributed by atoms with Crippen LogP contribution in [0.5, 0.6) is 0 Å². The summed E-state index contributed by atoms with van der Waals surface area (Å²) < 4.78 is 9.63. The van der Waals surface area contributed by atoms with Crippen LogP contribution in [0.1, 0.15) is 19.3 Å². The highest BCUT2D eigenvalue weighted by Crippen LogP contribution is 2.42. The smallest absolute Gasteiger partial charge is 0.354 e. The summed E-state index contributed by atoms with van der Waals surface area (Å²) in [6.45, 7) is 0.801. The number of esters is 2. The highest BCUT2D eigenvalue weighted by atomic mass is 16.5. The average molecular weight is 253 g/mol. The van der Waals surface area contributed by atoms with Crippen molar-refractivity contribution in [3.63, 3.8) is 0 Å². The van der Waals surface area contributed by atoms with Crippen LogP contribution in [0.15, 0.2) is 11.3 Å². The van der Waals surface area contributed by atoms with Gasteiger partial charge in [0.05, 0.1) is 19.8 Å². The lowest BCUT2D eigenvalue weighted by Crippen LogP contribution is -2.40. The van der Waals surface area contributed by atoms with Crippen LogP contribution in [-0.4, -0.2) is 44.7 Å². The van der Waals surface area contributed by atoms with E-state index < -0.39 is 11.9 Å². The molecule has 2 rings (SSSR count). The number of fused-ring (bicyclic) bond motifs is 1. The number of ether oxygens (including phenoxy) is 2. The van der Waals surface area contributed by atoms with E-state index in [9.17, 15) is 9.59 Å². The van der Waals surface area contributed by atoms with E-state index in [1.165, 1.54) is 14.2 Å². The second-order valence-electron chi connectivity index (χ2n) is 4.92. The van der Waals surface area contributed by atoms with Crippen LogP contribution >= 0.6 is 0 Å². The first-order valence-corrected chi connectivity index (χ1v) is 6.22. The number of carbonyl (C=O) groups is 2. The SMILES string of the molecule is COC(=O)C1=C(C(=O)OC)N(C)C[C@@H]2CCC[C@H]12. The molecule has 0 aromatic carbocycles. The van der Waals surface area contributed by atoms with E-state index in [0.717, 1.165) is 25.8 Å². The van der Waals surface area contributed by atoms with Crippen molar-refractivity contribution in [2.75, 3.05) is 27.8 Å². The van der Waals surface area contributed by atoms with E-state index in [-0.39, 0.29) is 5.92 Å². The van der Waals surface area contributed by atoms with Crippen LogP contribution in [0, 0.1) is 11.8 Å². The van der Waals surface area contributed by atoms with Gasteiger partial charge in [0.2, 0.25) is 0 Å². The molecule has 0 N–H and O–H groups in total. The molecule has 0 amide bonds. The van der Waals surface area contributed by atoms with Gasteiger partial charge < -0.3 is 14.4 Å². The van der Waals surface area contributed by atoms with E-state index in [1.807, 2.05) is 11.9 Å². The molecule has 1 saturated carbocycles. The summed E-state index contributed by atoms with van der Waals surface area (Å²) >= 11 is 0. The van der Waals surface area contributed by atoms with Crippen molar-refractivity contribution in [2.45, 2.75) is 19.3 Å². The van der Waals surface area contributed by atoms with Gasteiger partial charge in [-0.3, -0.25) is 0 Å². The van der Waals surface area contributed by atoms with Gasteiger partial charge in [-0.1, -0.05) is 6.42 Å². The number of hydrogen-bond donors (Lipinski definition) is 0. The molecular formula is C13H19NO4. The Balaban J connectivity index is 2.48. The third kappa shape index (κ3) is 1.98. The second-order valence-corrected chi connectivity index (χ2v) is 4.92. The molecule has 1 aliphatic carbocycles. The van der Waals surface area contributed by atoms with Gasteiger partial charge in [0.25, 0.3) is 0 Å². The van der Waals surface area contributed by atoms with Crippen molar-refractivity contribution in [3.8, 4) is 0 Å². The van der Waals surface area contributed by atoms with Gasteiger partial charge in [0.15, 0.2) is 0 Å². The first-order valence-electron chi connectivity index (χ1n) is 6.22. The first-order chi connectivity index (χ1) is 8.60. The summed E-state index contributed by atoms with van der Waals surface area (Å²) in [5.41, 5.74) is 0.869. The third-order valence-corrected chi connectivity index (χ3v) is 3.96. The zero-order chi connectivity index (χ0) is 13.3. The van der Waals surface area contributed by atoms with Crippen LogP contribution in [0.4, 0.5) is 0 Å². The fraction of sp³-hybridized carbons (Fsp3) is 0.692. The fourth-order valence-corrected chi connectivity index (χ4v) is 3.18. The Bertz CT molecular complexity index is 402. The highest BCUT2D eigenvalue weighted by Gasteiger charge is 2.43. The molecule has 0 saturated heterocycles. The minimum atomic E-state index is -0.455. The quantitative estimate of drug-likeness (QED) is 0.686. The maximum absolute atomic E-state index is 12.0. The predicted octanol–water partition coefficient (Wildman–Crippen LogP) is 0.948. The zero-order valence-electron chi connectivity index (χ0n) is 11.1. The number of methoxy groups -OCH3 is 2. The standard InChI is InChI=1S/C13H19NO4/c1-14-7-8-5-4-6-9(8)10(12(15)17-2)11(14)13(16)18-3/h8-9H,4-7H2,1-3H3/t8-,9-/m0/s1. The molecule has 18 heavy (non-hydrogen) atoms. The summed E-state index contributed by atoms with van der Waals surface area (Å²) in [6, 6.07) is 0. The van der Waals surface area contributed by atoms with Crippen molar-refractivity contribution >= 4 is 11.9 Å². The van der Waals surface area contributed by atoms with Gasteiger partial charge in [-0.2, -0.15) is 0 Å². The third-order valence-electron chi connectivity index (χ3n) is 3.96. The van der Waals surface area contributed by atoms with Crippen LogP contribution in [0.2, 0.25) is 0 Å². The van der Waals surface area contributed by atoms with Crippen molar-refractivity contribution in [1.82, 2.24) is 4.90 Å². The van der Waals surface area contributed by atoms with Crippen molar-refractivity contribution in [3.05, 3.63) is 11.3 Å². The summed E-state index contributed by atoms with van der Waals surface area (Å²) in [6.07, 6.45) is 3.14. The molecule has 5 heteroatoms. The van der Waals surface area contributed by atoms with Crippen LogP contribution < -0.4 is 0 Å². The Morgan fingerprint density at radius 1 is 1.17 bits per heavy atom. The maximum atomic E-state index is 12.0. The molecule has 0 spiro atoms. The Hall–Kier alpha value is -1.52. The normalized spacial score (nSPS) is 26.9. The van der Waals surface area contributed by atoms with Gasteiger partial charge in [0, 0.05) is 13.6 Å². The Labute approximate surface area is 107 Å². The van der Waals surface area contributed by atoms with E-state index >= 15 is 0 Å². The second kappa shape index (κ2) is 5.00. The van der Waals surface area contributed by atoms with Gasteiger partial charge in [-0.15, -0.1) is 0 Å². The van der Waals surface area contributed by atoms with E-state index in [0.29, 0.717) is 17.2 Å². The van der Waals surface area contributed by atoms with Crippen molar-refractivity contribution in [2.24, 2.45) is 11.8 Å². The topological polar surface area (TPSA) is 55.8 Å². The monoisotopic (exact) mass is 253 g/mol. The Morgan fingerprint density at radius 3 is 2.44 bits per heavy atom. The zero-order valence-corrected chi connectivity index (χ0v) is 11.1. The maximum Gasteiger partial charge on any atom is 0.354 e. The molecule has 2 atom stereocenters. The van der Waals surface area contributed by atoms with Gasteiger partial charge in [0.1, 0.15) is 5.70 Å². The molecule has 0 aromatic heterocycles. The lowest BCUT2D eigenvalue weighted by molar-refractivity contribution is -0.142. The minimum Gasteiger partial charge on any atom is -0.466 e. The summed E-state index contributed by atoms with van der Waals surface area (Å²) in [5.74, 6) is -0.276. The molecule has 1 heterocycles. The molecule has 0 aromatic rings. The van der Waals surface area contributed by atoms with Gasteiger partial charge >= 0.3 is 11.9 Å². The molecule has 0 bridgehead atoms. The van der Waals surface area contributed by atoms with Crippen LogP contribution in [0.25, 0.3) is 0 Å². The van der Waals surface area contributed by atoms with Gasteiger partial charge in [-0.25, -0.2) is 9.59 Å². The molecule has 0 radical (unpaired) electrons. The molecule has 2 aliphatic rings. The minimum absolute atomic E-state index is 0.141. The fourth-order valence-electron chi connectivity index (χ4n) is 3.18. The number of rotatable bonds is 2. The van der Waals surface area contributed by atoms with E-state index in [4.69, 9.17) is 9.47 Å². The largest absolute Gasteiger partial charge is 0.466 e. The van der Waals surface area contributed by atoms with Crippen molar-refractivity contribution < 1.29 is 19.1 Å². The van der Waals surface area contributed by atoms with Crippen LogP contribution in [0.3, 0.4) is 0 Å². The molecular weight excluding hydrogens is 234 g/mol. The van der Waals surface area contributed by atoms with E-state index in [1.54, 1.807) is 0 Å². The lowest BCUT2D eigenvalue weighted by atomic mass is 9.83. The van der Waals surface area contributed by atoms with Crippen molar-refractivity contribution in [1.29, 1.82) is 0 Å². The van der Waals surface area contributed by atoms with E-state index in [2.05, 4.69) is 0 Å². The average Bonchev–Trinajstić information content (AvgIpc) is 2.82. The van der Waals surface area contributed by atoms with Gasteiger partial charge in [-0.05, 0) is 24.7 Å². The summed E-state index contributed by atoms with van der Waals surface area (Å²) in [7, 11) is 4.51.